The van der Waals surface area contributed by atoms with E-state index in [0.29, 0.717) is 17.3 Å². The van der Waals surface area contributed by atoms with Crippen molar-refractivity contribution in [3.63, 3.8) is 0 Å². The molecule has 0 amide bonds. The third-order valence-corrected chi connectivity index (χ3v) is 6.29. The lowest BCUT2D eigenvalue weighted by atomic mass is 9.59. The Balaban J connectivity index is 1.78. The van der Waals surface area contributed by atoms with Crippen LogP contribution in [-0.4, -0.2) is 10.7 Å². The van der Waals surface area contributed by atoms with E-state index >= 15 is 0 Å². The predicted octanol–water partition coefficient (Wildman–Crippen LogP) is 4.00. The van der Waals surface area contributed by atoms with Crippen LogP contribution in [0.1, 0.15) is 65.7 Å². The van der Waals surface area contributed by atoms with Gasteiger partial charge in [0.05, 0.1) is 5.60 Å². The van der Waals surface area contributed by atoms with Crippen molar-refractivity contribution in [1.29, 1.82) is 0 Å². The van der Waals surface area contributed by atoms with E-state index in [1.54, 1.807) is 0 Å². The van der Waals surface area contributed by atoms with E-state index in [1.165, 1.54) is 38.5 Å². The highest BCUT2D eigenvalue weighted by molar-refractivity contribution is 5.04. The van der Waals surface area contributed by atoms with Crippen molar-refractivity contribution < 1.29 is 5.11 Å². The summed E-state index contributed by atoms with van der Waals surface area (Å²) in [6.45, 7) is 7.03. The lowest BCUT2D eigenvalue weighted by Gasteiger charge is -2.50. The fourth-order valence-corrected chi connectivity index (χ4v) is 5.30. The molecule has 3 rings (SSSR count). The first-order valence-electron chi connectivity index (χ1n) is 7.63. The van der Waals surface area contributed by atoms with Gasteiger partial charge in [-0.2, -0.15) is 0 Å². The van der Waals surface area contributed by atoms with Gasteiger partial charge >= 0.3 is 0 Å². The topological polar surface area (TPSA) is 20.2 Å². The maximum atomic E-state index is 11.2. The average molecular weight is 236 g/mol. The van der Waals surface area contributed by atoms with Crippen LogP contribution in [0, 0.1) is 29.1 Å². The molecule has 5 atom stereocenters. The van der Waals surface area contributed by atoms with Gasteiger partial charge in [-0.3, -0.25) is 0 Å². The largest absolute Gasteiger partial charge is 0.389 e. The number of aliphatic hydroxyl groups is 1. The monoisotopic (exact) mass is 236 g/mol. The maximum Gasteiger partial charge on any atom is 0.0704 e. The second-order valence-corrected chi connectivity index (χ2v) is 8.04. The van der Waals surface area contributed by atoms with Gasteiger partial charge in [-0.05, 0) is 67.6 Å². The van der Waals surface area contributed by atoms with Crippen LogP contribution < -0.4 is 0 Å². The Kier molecular flexibility index (Phi) is 2.63. The quantitative estimate of drug-likeness (QED) is 0.729. The van der Waals surface area contributed by atoms with E-state index in [4.69, 9.17) is 0 Å². The molecule has 1 heteroatoms. The van der Waals surface area contributed by atoms with Crippen LogP contribution in [0.4, 0.5) is 0 Å². The molecule has 1 nitrogen and oxygen atoms in total. The van der Waals surface area contributed by atoms with Gasteiger partial charge in [-0.1, -0.05) is 27.2 Å². The van der Waals surface area contributed by atoms with Crippen LogP contribution in [0.3, 0.4) is 0 Å². The van der Waals surface area contributed by atoms with Crippen LogP contribution in [0.15, 0.2) is 0 Å². The van der Waals surface area contributed by atoms with Crippen molar-refractivity contribution in [3.05, 3.63) is 0 Å². The van der Waals surface area contributed by atoms with Crippen molar-refractivity contribution in [2.45, 2.75) is 71.3 Å². The molecule has 3 aliphatic carbocycles. The van der Waals surface area contributed by atoms with Gasteiger partial charge in [0.25, 0.3) is 0 Å². The highest BCUT2D eigenvalue weighted by atomic mass is 16.3. The molecule has 0 spiro atoms. The highest BCUT2D eigenvalue weighted by Gasteiger charge is 2.54. The van der Waals surface area contributed by atoms with Crippen molar-refractivity contribution in [1.82, 2.24) is 0 Å². The summed E-state index contributed by atoms with van der Waals surface area (Å²) in [7, 11) is 0. The summed E-state index contributed by atoms with van der Waals surface area (Å²) < 4.78 is 0. The Labute approximate surface area is 106 Å². The fraction of sp³-hybridized carbons (Fsp3) is 1.00. The smallest absolute Gasteiger partial charge is 0.0704 e. The Bertz CT molecular complexity index is 309. The molecule has 3 fully saturated rings. The van der Waals surface area contributed by atoms with Gasteiger partial charge in [0, 0.05) is 0 Å². The van der Waals surface area contributed by atoms with Crippen LogP contribution in [-0.2, 0) is 0 Å². The summed E-state index contributed by atoms with van der Waals surface area (Å²) in [5.74, 6) is 2.94. The summed E-state index contributed by atoms with van der Waals surface area (Å²) in [5, 5.41) is 11.2. The molecule has 98 valence electrons. The molecule has 2 bridgehead atoms. The van der Waals surface area contributed by atoms with Crippen LogP contribution in [0.5, 0.6) is 0 Å². The summed E-state index contributed by atoms with van der Waals surface area (Å²) in [6, 6.07) is 0. The standard InChI is InChI=1S/C16H28O/c1-11-10-15(2,3)6-7-16(11,17)14-9-12-4-5-13(14)8-12/h11-14,17H,4-10H2,1-3H3. The molecule has 0 aliphatic heterocycles. The molecular weight excluding hydrogens is 208 g/mol. The Morgan fingerprint density at radius 1 is 1.06 bits per heavy atom. The van der Waals surface area contributed by atoms with Gasteiger partial charge in [0.2, 0.25) is 0 Å². The third kappa shape index (κ3) is 1.85. The second-order valence-electron chi connectivity index (χ2n) is 8.04. The van der Waals surface area contributed by atoms with Crippen molar-refractivity contribution in [2.75, 3.05) is 0 Å². The molecule has 0 heterocycles. The number of hydrogen-bond acceptors (Lipinski definition) is 1. The predicted molar refractivity (Wildman–Crippen MR) is 70.7 cm³/mol. The van der Waals surface area contributed by atoms with Gasteiger partial charge in [0.1, 0.15) is 0 Å². The highest BCUT2D eigenvalue weighted by Crippen LogP contribution is 2.58. The van der Waals surface area contributed by atoms with Crippen LogP contribution in [0.2, 0.25) is 0 Å². The van der Waals surface area contributed by atoms with Gasteiger partial charge in [-0.15, -0.1) is 0 Å². The maximum absolute atomic E-state index is 11.2. The fourth-order valence-electron chi connectivity index (χ4n) is 5.30. The van der Waals surface area contributed by atoms with Crippen LogP contribution in [0.25, 0.3) is 0 Å². The molecule has 17 heavy (non-hydrogen) atoms. The number of hydrogen-bond donors (Lipinski definition) is 1. The van der Waals surface area contributed by atoms with E-state index in [1.807, 2.05) is 0 Å². The lowest BCUT2D eigenvalue weighted by Crippen LogP contribution is -2.51. The molecule has 5 unspecified atom stereocenters. The first kappa shape index (κ1) is 12.0. The zero-order chi connectivity index (χ0) is 12.3. The second kappa shape index (κ2) is 3.73. The minimum absolute atomic E-state index is 0.324. The molecule has 0 radical (unpaired) electrons. The lowest BCUT2D eigenvalue weighted by molar-refractivity contribution is -0.126. The molecule has 3 aliphatic rings. The summed E-state index contributed by atoms with van der Waals surface area (Å²) >= 11 is 0. The van der Waals surface area contributed by atoms with E-state index in [2.05, 4.69) is 20.8 Å². The number of rotatable bonds is 1. The zero-order valence-corrected chi connectivity index (χ0v) is 11.7. The van der Waals surface area contributed by atoms with E-state index < -0.39 is 0 Å². The number of fused-ring (bicyclic) bond motifs is 2. The van der Waals surface area contributed by atoms with Gasteiger partial charge in [-0.25, -0.2) is 0 Å². The Morgan fingerprint density at radius 3 is 2.35 bits per heavy atom. The Morgan fingerprint density at radius 2 is 1.82 bits per heavy atom. The van der Waals surface area contributed by atoms with E-state index in [9.17, 15) is 5.11 Å². The van der Waals surface area contributed by atoms with Gasteiger partial charge < -0.3 is 5.11 Å². The SMILES string of the molecule is CC1CC(C)(C)CCC1(O)C1CC2CCC1C2. The zero-order valence-electron chi connectivity index (χ0n) is 11.7. The first-order chi connectivity index (χ1) is 7.91. The average Bonchev–Trinajstić information content (AvgIpc) is 2.85. The Hall–Kier alpha value is -0.0400. The minimum Gasteiger partial charge on any atom is -0.389 e. The normalized spacial score (nSPS) is 52.9. The van der Waals surface area contributed by atoms with Gasteiger partial charge in [0.15, 0.2) is 0 Å². The summed E-state index contributed by atoms with van der Waals surface area (Å²) in [4.78, 5) is 0. The summed E-state index contributed by atoms with van der Waals surface area (Å²) in [6.07, 6.45) is 9.05. The first-order valence-corrected chi connectivity index (χ1v) is 7.63. The van der Waals surface area contributed by atoms with E-state index in [-0.39, 0.29) is 5.60 Å². The van der Waals surface area contributed by atoms with E-state index in [0.717, 1.165) is 18.3 Å². The molecule has 1 N–H and O–H groups in total. The van der Waals surface area contributed by atoms with Crippen molar-refractivity contribution >= 4 is 0 Å². The molecule has 3 saturated carbocycles. The molecular formula is C16H28O. The van der Waals surface area contributed by atoms with Crippen LogP contribution >= 0.6 is 0 Å². The molecule has 0 aromatic rings. The molecule has 0 aromatic heterocycles. The molecule has 0 saturated heterocycles. The van der Waals surface area contributed by atoms with Crippen molar-refractivity contribution in [2.24, 2.45) is 29.1 Å². The van der Waals surface area contributed by atoms with Crippen molar-refractivity contribution in [3.8, 4) is 0 Å². The molecule has 0 aromatic carbocycles. The third-order valence-electron chi connectivity index (χ3n) is 6.29. The minimum atomic E-state index is -0.324. The summed E-state index contributed by atoms with van der Waals surface area (Å²) in [5.41, 5.74) is 0.124.